The largest absolute Gasteiger partial charge is 0.493 e. The van der Waals surface area contributed by atoms with Crippen LogP contribution in [0, 0.1) is 14.9 Å². The zero-order chi connectivity index (χ0) is 18.1. The number of rotatable bonds is 7. The fourth-order valence-corrected chi connectivity index (χ4v) is 2.28. The van der Waals surface area contributed by atoms with E-state index in [-0.39, 0.29) is 6.42 Å². The van der Waals surface area contributed by atoms with Gasteiger partial charge in [0.15, 0.2) is 11.5 Å². The standard InChI is InChI=1S/C18H16IN3O3/c1-24-17-10-14(11-21-22-18(23)8-9-20)4-7-16(17)25-12-13-2-5-15(19)6-3-13/h2-7,10-11H,8,12H2,1H3,(H,22,23). The van der Waals surface area contributed by atoms with Gasteiger partial charge in [-0.15, -0.1) is 0 Å². The SMILES string of the molecule is COc1cc(C=NNC(=O)CC#N)ccc1OCc1ccc(I)cc1. The third-order valence-electron chi connectivity index (χ3n) is 3.14. The highest BCUT2D eigenvalue weighted by Gasteiger charge is 2.06. The topological polar surface area (TPSA) is 83.7 Å². The predicted molar refractivity (Wildman–Crippen MR) is 102 cm³/mol. The molecule has 128 valence electrons. The number of amides is 1. The van der Waals surface area contributed by atoms with Crippen molar-refractivity contribution in [1.82, 2.24) is 5.43 Å². The van der Waals surface area contributed by atoms with Gasteiger partial charge in [0, 0.05) is 3.57 Å². The maximum atomic E-state index is 11.2. The van der Waals surface area contributed by atoms with Crippen molar-refractivity contribution < 1.29 is 14.3 Å². The molecule has 7 heteroatoms. The summed E-state index contributed by atoms with van der Waals surface area (Å²) in [5.41, 5.74) is 4.07. The monoisotopic (exact) mass is 449 g/mol. The first kappa shape index (κ1) is 18.7. The Hall–Kier alpha value is -2.60. The molecule has 0 heterocycles. The van der Waals surface area contributed by atoms with Gasteiger partial charge in [-0.25, -0.2) is 5.43 Å². The van der Waals surface area contributed by atoms with Crippen molar-refractivity contribution in [3.8, 4) is 17.6 Å². The molecule has 0 bridgehead atoms. The summed E-state index contributed by atoms with van der Waals surface area (Å²) in [6.07, 6.45) is 1.24. The first-order valence-corrected chi connectivity index (χ1v) is 8.44. The van der Waals surface area contributed by atoms with Gasteiger partial charge in [0.05, 0.1) is 19.4 Å². The summed E-state index contributed by atoms with van der Waals surface area (Å²) in [4.78, 5) is 11.2. The third kappa shape index (κ3) is 6.08. The molecule has 2 rings (SSSR count). The number of halogens is 1. The third-order valence-corrected chi connectivity index (χ3v) is 3.86. The van der Waals surface area contributed by atoms with Crippen LogP contribution in [-0.4, -0.2) is 19.2 Å². The Morgan fingerprint density at radius 2 is 2.04 bits per heavy atom. The summed E-state index contributed by atoms with van der Waals surface area (Å²) in [6.45, 7) is 0.435. The number of nitriles is 1. The van der Waals surface area contributed by atoms with Gasteiger partial charge in [-0.3, -0.25) is 4.79 Å². The molecule has 2 aromatic carbocycles. The lowest BCUT2D eigenvalue weighted by molar-refractivity contribution is -0.120. The van der Waals surface area contributed by atoms with Gasteiger partial charge >= 0.3 is 0 Å². The molecule has 2 aromatic rings. The van der Waals surface area contributed by atoms with Crippen molar-refractivity contribution >= 4 is 34.7 Å². The fraction of sp³-hybridized carbons (Fsp3) is 0.167. The molecule has 0 spiro atoms. The number of benzene rings is 2. The minimum absolute atomic E-state index is 0.230. The van der Waals surface area contributed by atoms with Crippen LogP contribution < -0.4 is 14.9 Å². The Morgan fingerprint density at radius 3 is 2.72 bits per heavy atom. The van der Waals surface area contributed by atoms with Crippen LogP contribution in [0.4, 0.5) is 0 Å². The van der Waals surface area contributed by atoms with Crippen LogP contribution in [0.5, 0.6) is 11.5 Å². The van der Waals surface area contributed by atoms with E-state index >= 15 is 0 Å². The van der Waals surface area contributed by atoms with Crippen LogP contribution in [0.1, 0.15) is 17.5 Å². The number of hydrazone groups is 1. The second-order valence-electron chi connectivity index (χ2n) is 4.95. The number of ether oxygens (including phenoxy) is 2. The van der Waals surface area contributed by atoms with Gasteiger partial charge < -0.3 is 9.47 Å². The van der Waals surface area contributed by atoms with Gasteiger partial charge in [0.1, 0.15) is 13.0 Å². The van der Waals surface area contributed by atoms with Crippen LogP contribution in [0.15, 0.2) is 47.6 Å². The number of nitrogens with zero attached hydrogens (tertiary/aromatic N) is 2. The van der Waals surface area contributed by atoms with Crippen molar-refractivity contribution in [2.24, 2.45) is 5.10 Å². The molecule has 25 heavy (non-hydrogen) atoms. The molecule has 0 fully saturated rings. The summed E-state index contributed by atoms with van der Waals surface area (Å²) in [6, 6.07) is 15.2. The van der Waals surface area contributed by atoms with Crippen molar-refractivity contribution in [1.29, 1.82) is 5.26 Å². The maximum absolute atomic E-state index is 11.2. The minimum atomic E-state index is -0.455. The average Bonchev–Trinajstić information content (AvgIpc) is 2.62. The Balaban J connectivity index is 2.01. The van der Waals surface area contributed by atoms with E-state index in [1.807, 2.05) is 24.3 Å². The lowest BCUT2D eigenvalue weighted by Crippen LogP contribution is -2.16. The van der Waals surface area contributed by atoms with Crippen LogP contribution in [0.3, 0.4) is 0 Å². The normalized spacial score (nSPS) is 10.3. The van der Waals surface area contributed by atoms with Crippen LogP contribution in [0.25, 0.3) is 0 Å². The molecular weight excluding hydrogens is 433 g/mol. The second kappa shape index (κ2) is 9.64. The molecular formula is C18H16IN3O3. The summed E-state index contributed by atoms with van der Waals surface area (Å²) in [7, 11) is 1.56. The maximum Gasteiger partial charge on any atom is 0.254 e. The van der Waals surface area contributed by atoms with Crippen LogP contribution >= 0.6 is 22.6 Å². The Labute approximate surface area is 159 Å². The van der Waals surface area contributed by atoms with Crippen molar-refractivity contribution in [2.75, 3.05) is 7.11 Å². The van der Waals surface area contributed by atoms with Gasteiger partial charge in [-0.05, 0) is 64.0 Å². The molecule has 0 aromatic heterocycles. The highest BCUT2D eigenvalue weighted by molar-refractivity contribution is 14.1. The fourth-order valence-electron chi connectivity index (χ4n) is 1.92. The van der Waals surface area contributed by atoms with E-state index < -0.39 is 5.91 Å². The molecule has 0 aliphatic heterocycles. The van der Waals surface area contributed by atoms with E-state index in [1.165, 1.54) is 9.78 Å². The first-order chi connectivity index (χ1) is 12.1. The molecule has 0 aliphatic carbocycles. The molecule has 6 nitrogen and oxygen atoms in total. The quantitative estimate of drug-likeness (QED) is 0.400. The zero-order valence-corrected chi connectivity index (χ0v) is 15.7. The number of hydrogen-bond acceptors (Lipinski definition) is 5. The molecule has 0 atom stereocenters. The average molecular weight is 449 g/mol. The summed E-state index contributed by atoms with van der Waals surface area (Å²) < 4.78 is 12.3. The van der Waals surface area contributed by atoms with E-state index in [9.17, 15) is 4.79 Å². The highest BCUT2D eigenvalue weighted by atomic mass is 127. The smallest absolute Gasteiger partial charge is 0.254 e. The molecule has 1 amide bonds. The van der Waals surface area contributed by atoms with Gasteiger partial charge in [-0.2, -0.15) is 10.4 Å². The van der Waals surface area contributed by atoms with Crippen LogP contribution in [0.2, 0.25) is 0 Å². The van der Waals surface area contributed by atoms with Crippen molar-refractivity contribution in [2.45, 2.75) is 13.0 Å². The van der Waals surface area contributed by atoms with E-state index in [0.717, 1.165) is 11.1 Å². The first-order valence-electron chi connectivity index (χ1n) is 7.36. The predicted octanol–water partition coefficient (Wildman–Crippen LogP) is 3.24. The number of carbonyl (C=O) groups excluding carboxylic acids is 1. The highest BCUT2D eigenvalue weighted by Crippen LogP contribution is 2.28. The van der Waals surface area contributed by atoms with Gasteiger partial charge in [0.25, 0.3) is 5.91 Å². The minimum Gasteiger partial charge on any atom is -0.493 e. The number of hydrogen-bond donors (Lipinski definition) is 1. The second-order valence-corrected chi connectivity index (χ2v) is 6.20. The van der Waals surface area contributed by atoms with E-state index in [4.69, 9.17) is 14.7 Å². The molecule has 1 N–H and O–H groups in total. The molecule has 0 unspecified atom stereocenters. The van der Waals surface area contributed by atoms with E-state index in [1.54, 1.807) is 31.4 Å². The number of nitrogens with one attached hydrogen (secondary N) is 1. The Kier molecular flexibility index (Phi) is 7.22. The van der Waals surface area contributed by atoms with Gasteiger partial charge in [-0.1, -0.05) is 12.1 Å². The summed E-state index contributed by atoms with van der Waals surface area (Å²) in [5, 5.41) is 12.2. The number of carbonyl (C=O) groups is 1. The molecule has 0 saturated heterocycles. The van der Waals surface area contributed by atoms with E-state index in [0.29, 0.717) is 18.1 Å². The molecule has 0 aliphatic rings. The Bertz CT molecular complexity index is 798. The molecule has 0 saturated carbocycles. The van der Waals surface area contributed by atoms with Gasteiger partial charge in [0.2, 0.25) is 0 Å². The lowest BCUT2D eigenvalue weighted by Gasteiger charge is -2.11. The zero-order valence-electron chi connectivity index (χ0n) is 13.5. The van der Waals surface area contributed by atoms with Crippen LogP contribution in [-0.2, 0) is 11.4 Å². The summed E-state index contributed by atoms with van der Waals surface area (Å²) >= 11 is 2.26. The Morgan fingerprint density at radius 1 is 1.28 bits per heavy atom. The lowest BCUT2D eigenvalue weighted by atomic mass is 10.2. The summed E-state index contributed by atoms with van der Waals surface area (Å²) in [5.74, 6) is 0.729. The molecule has 0 radical (unpaired) electrons. The van der Waals surface area contributed by atoms with E-state index in [2.05, 4.69) is 33.1 Å². The van der Waals surface area contributed by atoms with Crippen molar-refractivity contribution in [3.63, 3.8) is 0 Å². The van der Waals surface area contributed by atoms with Crippen molar-refractivity contribution in [3.05, 3.63) is 57.2 Å². The number of methoxy groups -OCH3 is 1.